The molecule has 32 heavy (non-hydrogen) atoms. The van der Waals surface area contributed by atoms with E-state index in [1.165, 1.54) is 16.9 Å². The molecule has 0 bridgehead atoms. The van der Waals surface area contributed by atoms with Crippen molar-refractivity contribution in [2.75, 3.05) is 6.61 Å². The highest BCUT2D eigenvalue weighted by atomic mass is 32.1. The van der Waals surface area contributed by atoms with Gasteiger partial charge in [-0.15, -0.1) is 0 Å². The molecule has 0 saturated heterocycles. The van der Waals surface area contributed by atoms with Crippen molar-refractivity contribution >= 4 is 23.4 Å². The van der Waals surface area contributed by atoms with Gasteiger partial charge in [0.15, 0.2) is 4.80 Å². The fourth-order valence-corrected chi connectivity index (χ4v) is 4.92. The lowest BCUT2D eigenvalue weighted by Crippen LogP contribution is -2.39. The maximum atomic E-state index is 13.5. The molecule has 2 aromatic carbocycles. The normalized spacial score (nSPS) is 16.2. The summed E-state index contributed by atoms with van der Waals surface area (Å²) in [5, 5.41) is 0. The molecule has 0 radical (unpaired) electrons. The Balaban J connectivity index is 1.89. The number of carbonyl (C=O) groups excluding carboxylic acids is 1. The molecule has 6 heteroatoms. The quantitative estimate of drug-likeness (QED) is 0.558. The zero-order valence-corrected chi connectivity index (χ0v) is 19.5. The number of esters is 1. The van der Waals surface area contributed by atoms with Crippen molar-refractivity contribution in [2.45, 2.75) is 39.7 Å². The molecule has 164 valence electrons. The summed E-state index contributed by atoms with van der Waals surface area (Å²) in [5.41, 5.74) is 3.87. The van der Waals surface area contributed by atoms with E-state index >= 15 is 0 Å². The highest BCUT2D eigenvalue weighted by Gasteiger charge is 2.33. The van der Waals surface area contributed by atoms with Gasteiger partial charge in [-0.3, -0.25) is 9.36 Å². The van der Waals surface area contributed by atoms with Gasteiger partial charge in [0.1, 0.15) is 0 Å². The number of nitrogens with zero attached hydrogens (tertiary/aromatic N) is 2. The molecular formula is C26H26N2O3S. The smallest absolute Gasteiger partial charge is 0.338 e. The van der Waals surface area contributed by atoms with Crippen LogP contribution >= 0.6 is 11.3 Å². The zero-order chi connectivity index (χ0) is 22.8. The molecule has 0 unspecified atom stereocenters. The molecule has 0 fully saturated rings. The Morgan fingerprint density at radius 1 is 1.16 bits per heavy atom. The van der Waals surface area contributed by atoms with Crippen LogP contribution in [0.25, 0.3) is 6.08 Å². The Morgan fingerprint density at radius 2 is 1.84 bits per heavy atom. The minimum absolute atomic E-state index is 0.162. The minimum atomic E-state index is -0.572. The van der Waals surface area contributed by atoms with Gasteiger partial charge in [0.05, 0.1) is 28.5 Å². The lowest BCUT2D eigenvalue weighted by Gasteiger charge is -2.24. The number of rotatable bonds is 5. The summed E-state index contributed by atoms with van der Waals surface area (Å²) in [6.07, 6.45) is 1.89. The van der Waals surface area contributed by atoms with Crippen molar-refractivity contribution in [3.8, 4) is 0 Å². The molecule has 1 aliphatic heterocycles. The van der Waals surface area contributed by atoms with Crippen LogP contribution in [0.1, 0.15) is 56.3 Å². The van der Waals surface area contributed by atoms with Gasteiger partial charge in [0.2, 0.25) is 0 Å². The second kappa shape index (κ2) is 9.09. The van der Waals surface area contributed by atoms with Gasteiger partial charge in [-0.2, -0.15) is 0 Å². The summed E-state index contributed by atoms with van der Waals surface area (Å²) in [6.45, 7) is 8.13. The fraction of sp³-hybridized carbons (Fsp3) is 0.269. The van der Waals surface area contributed by atoms with E-state index in [0.717, 1.165) is 11.1 Å². The van der Waals surface area contributed by atoms with Crippen LogP contribution in [0.5, 0.6) is 0 Å². The van der Waals surface area contributed by atoms with Crippen molar-refractivity contribution in [1.82, 2.24) is 4.57 Å². The first kappa shape index (κ1) is 22.0. The van der Waals surface area contributed by atoms with Crippen LogP contribution in [0.3, 0.4) is 0 Å². The molecule has 2 heterocycles. The topological polar surface area (TPSA) is 60.7 Å². The Kier molecular flexibility index (Phi) is 6.24. The minimum Gasteiger partial charge on any atom is -0.463 e. The molecule has 5 nitrogen and oxygen atoms in total. The van der Waals surface area contributed by atoms with Crippen LogP contribution < -0.4 is 14.9 Å². The lowest BCUT2D eigenvalue weighted by atomic mass is 9.96. The van der Waals surface area contributed by atoms with Crippen LogP contribution in [0, 0.1) is 0 Å². The van der Waals surface area contributed by atoms with E-state index in [9.17, 15) is 9.59 Å². The number of fused-ring (bicyclic) bond motifs is 1. The third-order valence-electron chi connectivity index (χ3n) is 5.53. The van der Waals surface area contributed by atoms with E-state index in [0.29, 0.717) is 26.5 Å². The van der Waals surface area contributed by atoms with E-state index in [4.69, 9.17) is 4.74 Å². The van der Waals surface area contributed by atoms with Gasteiger partial charge in [0, 0.05) is 0 Å². The average molecular weight is 447 g/mol. The lowest BCUT2D eigenvalue weighted by molar-refractivity contribution is -0.139. The predicted molar refractivity (Wildman–Crippen MR) is 127 cm³/mol. The molecule has 0 amide bonds. The molecule has 4 rings (SSSR count). The number of thiazole rings is 1. The first-order valence-corrected chi connectivity index (χ1v) is 11.6. The van der Waals surface area contributed by atoms with E-state index in [1.807, 2.05) is 48.5 Å². The Morgan fingerprint density at radius 3 is 2.47 bits per heavy atom. The molecule has 0 spiro atoms. The van der Waals surface area contributed by atoms with Crippen molar-refractivity contribution in [1.29, 1.82) is 0 Å². The van der Waals surface area contributed by atoms with Crippen LogP contribution in [-0.4, -0.2) is 17.1 Å². The summed E-state index contributed by atoms with van der Waals surface area (Å²) >= 11 is 1.34. The van der Waals surface area contributed by atoms with Crippen LogP contribution in [0.4, 0.5) is 0 Å². The van der Waals surface area contributed by atoms with Crippen molar-refractivity contribution in [3.05, 3.63) is 102 Å². The molecule has 1 aliphatic rings. The van der Waals surface area contributed by atoms with Crippen LogP contribution in [0.2, 0.25) is 0 Å². The van der Waals surface area contributed by atoms with Gasteiger partial charge in [-0.1, -0.05) is 79.8 Å². The molecule has 0 N–H and O–H groups in total. The molecule has 3 aromatic rings. The molecule has 0 aliphatic carbocycles. The Bertz CT molecular complexity index is 1350. The average Bonchev–Trinajstić information content (AvgIpc) is 3.08. The third kappa shape index (κ3) is 4.10. The Labute approximate surface area is 191 Å². The second-order valence-corrected chi connectivity index (χ2v) is 9.04. The fourth-order valence-electron chi connectivity index (χ4n) is 3.87. The largest absolute Gasteiger partial charge is 0.463 e. The van der Waals surface area contributed by atoms with Gasteiger partial charge in [0.25, 0.3) is 5.56 Å². The predicted octanol–water partition coefficient (Wildman–Crippen LogP) is 3.92. The van der Waals surface area contributed by atoms with E-state index in [2.05, 4.69) is 31.0 Å². The van der Waals surface area contributed by atoms with Gasteiger partial charge >= 0.3 is 5.97 Å². The summed E-state index contributed by atoms with van der Waals surface area (Å²) in [5.74, 6) is 0.00524. The van der Waals surface area contributed by atoms with Crippen LogP contribution in [0.15, 0.2) is 75.7 Å². The van der Waals surface area contributed by atoms with Gasteiger partial charge < -0.3 is 4.74 Å². The highest BCUT2D eigenvalue weighted by Crippen LogP contribution is 2.30. The third-order valence-corrected chi connectivity index (χ3v) is 6.52. The number of aromatic nitrogens is 1. The standard InChI is InChI=1S/C26H26N2O3S/c1-5-31-25(30)22-17(4)27-26-28(23(22)20-9-7-6-8-10-20)24(29)21(32-26)15-18-11-13-19(14-12-18)16(2)3/h6-16,23H,5H2,1-4H3/b21-15+/t23-/m0/s1. The number of ether oxygens (including phenoxy) is 1. The van der Waals surface area contributed by atoms with Crippen molar-refractivity contribution in [2.24, 2.45) is 4.99 Å². The number of hydrogen-bond acceptors (Lipinski definition) is 5. The summed E-state index contributed by atoms with van der Waals surface area (Å²) < 4.78 is 7.52. The zero-order valence-electron chi connectivity index (χ0n) is 18.7. The van der Waals surface area contributed by atoms with Crippen molar-refractivity contribution in [3.63, 3.8) is 0 Å². The number of hydrogen-bond donors (Lipinski definition) is 0. The van der Waals surface area contributed by atoms with Gasteiger partial charge in [-0.25, -0.2) is 9.79 Å². The first-order valence-electron chi connectivity index (χ1n) is 10.7. The maximum Gasteiger partial charge on any atom is 0.338 e. The second-order valence-electron chi connectivity index (χ2n) is 8.03. The molecular weight excluding hydrogens is 420 g/mol. The van der Waals surface area contributed by atoms with Crippen LogP contribution in [-0.2, 0) is 9.53 Å². The summed E-state index contributed by atoms with van der Waals surface area (Å²) in [7, 11) is 0. The summed E-state index contributed by atoms with van der Waals surface area (Å²) in [4.78, 5) is 31.5. The number of carbonyl (C=O) groups is 1. The van der Waals surface area contributed by atoms with E-state index < -0.39 is 12.0 Å². The number of benzene rings is 2. The SMILES string of the molecule is CCOC(=O)C1=C(C)N=c2s/c(=C/c3ccc(C(C)C)cc3)c(=O)n2[C@H]1c1ccccc1. The maximum absolute atomic E-state index is 13.5. The highest BCUT2D eigenvalue weighted by molar-refractivity contribution is 7.07. The molecule has 0 saturated carbocycles. The molecule has 1 atom stereocenters. The van der Waals surface area contributed by atoms with E-state index in [-0.39, 0.29) is 12.2 Å². The monoisotopic (exact) mass is 446 g/mol. The number of allylic oxidation sites excluding steroid dienone is 1. The van der Waals surface area contributed by atoms with Gasteiger partial charge in [-0.05, 0) is 42.5 Å². The van der Waals surface area contributed by atoms with Crippen molar-refractivity contribution < 1.29 is 9.53 Å². The molecule has 1 aromatic heterocycles. The summed E-state index contributed by atoms with van der Waals surface area (Å²) in [6, 6.07) is 17.2. The first-order chi connectivity index (χ1) is 15.4. The van der Waals surface area contributed by atoms with E-state index in [1.54, 1.807) is 18.4 Å². The Hall–Kier alpha value is -3.25.